The lowest BCUT2D eigenvalue weighted by Crippen LogP contribution is -2.40. The van der Waals surface area contributed by atoms with E-state index in [4.69, 9.17) is 19.3 Å². The van der Waals surface area contributed by atoms with Gasteiger partial charge in [0.25, 0.3) is 5.91 Å². The average molecular weight is 579 g/mol. The van der Waals surface area contributed by atoms with Crippen molar-refractivity contribution in [3.05, 3.63) is 51.4 Å². The van der Waals surface area contributed by atoms with Gasteiger partial charge in [-0.05, 0) is 71.4 Å². The molecule has 0 radical (unpaired) electrons. The summed E-state index contributed by atoms with van der Waals surface area (Å²) < 4.78 is 19.2. The number of thiophene rings is 1. The quantitative estimate of drug-likeness (QED) is 0.374. The Labute approximate surface area is 245 Å². The van der Waals surface area contributed by atoms with Crippen molar-refractivity contribution in [2.24, 2.45) is 0 Å². The van der Waals surface area contributed by atoms with Crippen LogP contribution in [0.1, 0.15) is 75.5 Å². The second-order valence-corrected chi connectivity index (χ2v) is 12.5. The minimum absolute atomic E-state index is 0.0568. The molecule has 1 saturated heterocycles. The van der Waals surface area contributed by atoms with Gasteiger partial charge in [-0.3, -0.25) is 4.79 Å². The second kappa shape index (κ2) is 11.6. The molecule has 2 amide bonds. The molecule has 0 spiro atoms. The van der Waals surface area contributed by atoms with Crippen molar-refractivity contribution in [1.82, 2.24) is 20.0 Å². The SMILES string of the molecule is COc1cc2c(cc1C=C(C)C)-c1c(c(C(=O)N3CCCC(NC(=O)OC(C)(C)C)CC3)nn1-c1ccsc1)CO2. The third kappa shape index (κ3) is 6.27. The number of rotatable bonds is 5. The smallest absolute Gasteiger partial charge is 0.407 e. The van der Waals surface area contributed by atoms with E-state index in [-0.39, 0.29) is 18.6 Å². The maximum atomic E-state index is 14.0. The minimum atomic E-state index is -0.560. The molecule has 1 unspecified atom stereocenters. The molecule has 1 fully saturated rings. The van der Waals surface area contributed by atoms with Crippen molar-refractivity contribution in [3.63, 3.8) is 0 Å². The number of alkyl carbamates (subject to hydrolysis) is 1. The third-order valence-electron chi connectivity index (χ3n) is 7.08. The van der Waals surface area contributed by atoms with Crippen LogP contribution in [0.5, 0.6) is 11.5 Å². The first-order valence-corrected chi connectivity index (χ1v) is 14.9. The summed E-state index contributed by atoms with van der Waals surface area (Å²) in [7, 11) is 1.65. The second-order valence-electron chi connectivity index (χ2n) is 11.7. The molecule has 9 nitrogen and oxygen atoms in total. The molecule has 1 aromatic carbocycles. The number of aromatic nitrogens is 2. The van der Waals surface area contributed by atoms with Gasteiger partial charge in [-0.15, -0.1) is 0 Å². The number of ether oxygens (including phenoxy) is 3. The van der Waals surface area contributed by atoms with Crippen molar-refractivity contribution in [3.8, 4) is 28.4 Å². The Morgan fingerprint density at radius 3 is 2.68 bits per heavy atom. The molecule has 2 aromatic heterocycles. The van der Waals surface area contributed by atoms with Crippen LogP contribution >= 0.6 is 11.3 Å². The van der Waals surface area contributed by atoms with Crippen LogP contribution in [0.15, 0.2) is 34.5 Å². The summed E-state index contributed by atoms with van der Waals surface area (Å²) in [5.74, 6) is 1.30. The molecule has 5 rings (SSSR count). The molecule has 0 aliphatic carbocycles. The van der Waals surface area contributed by atoms with Gasteiger partial charge in [-0.2, -0.15) is 16.4 Å². The largest absolute Gasteiger partial charge is 0.496 e. The summed E-state index contributed by atoms with van der Waals surface area (Å²) in [6, 6.07) is 5.91. The molecule has 10 heteroatoms. The van der Waals surface area contributed by atoms with E-state index in [0.29, 0.717) is 31.0 Å². The fourth-order valence-electron chi connectivity index (χ4n) is 5.30. The average Bonchev–Trinajstić information content (AvgIpc) is 3.50. The zero-order valence-electron chi connectivity index (χ0n) is 24.6. The van der Waals surface area contributed by atoms with Gasteiger partial charge in [0.1, 0.15) is 23.7 Å². The Bertz CT molecular complexity index is 1460. The van der Waals surface area contributed by atoms with Crippen LogP contribution in [-0.4, -0.2) is 58.5 Å². The highest BCUT2D eigenvalue weighted by Gasteiger charge is 2.34. The van der Waals surface area contributed by atoms with E-state index >= 15 is 0 Å². The highest BCUT2D eigenvalue weighted by molar-refractivity contribution is 7.08. The summed E-state index contributed by atoms with van der Waals surface area (Å²) >= 11 is 1.58. The first kappa shape index (κ1) is 28.7. The number of carbonyl (C=O) groups excluding carboxylic acids is 2. The number of fused-ring (bicyclic) bond motifs is 3. The normalized spacial score (nSPS) is 16.5. The van der Waals surface area contributed by atoms with Crippen molar-refractivity contribution < 1.29 is 23.8 Å². The van der Waals surface area contributed by atoms with Gasteiger partial charge in [-0.1, -0.05) is 11.6 Å². The highest BCUT2D eigenvalue weighted by Crippen LogP contribution is 2.44. The molecule has 0 saturated carbocycles. The predicted octanol–water partition coefficient (Wildman–Crippen LogP) is 6.44. The Hall–Kier alpha value is -3.79. The van der Waals surface area contributed by atoms with Gasteiger partial charge in [-0.25, -0.2) is 9.48 Å². The number of nitrogens with one attached hydrogen (secondary N) is 1. The van der Waals surface area contributed by atoms with Crippen LogP contribution < -0.4 is 14.8 Å². The first-order valence-electron chi connectivity index (χ1n) is 14.0. The molecule has 3 aromatic rings. The molecule has 41 heavy (non-hydrogen) atoms. The van der Waals surface area contributed by atoms with E-state index in [2.05, 4.69) is 17.5 Å². The number of amides is 2. The molecule has 1 N–H and O–H groups in total. The van der Waals surface area contributed by atoms with E-state index in [1.165, 1.54) is 0 Å². The van der Waals surface area contributed by atoms with E-state index < -0.39 is 11.7 Å². The van der Waals surface area contributed by atoms with Gasteiger partial charge in [0.2, 0.25) is 0 Å². The van der Waals surface area contributed by atoms with Crippen molar-refractivity contribution in [1.29, 1.82) is 0 Å². The number of methoxy groups -OCH3 is 1. The number of likely N-dealkylation sites (tertiary alicyclic amines) is 1. The third-order valence-corrected chi connectivity index (χ3v) is 7.75. The van der Waals surface area contributed by atoms with Crippen LogP contribution in [0.25, 0.3) is 23.0 Å². The lowest BCUT2D eigenvalue weighted by Gasteiger charge is -2.24. The standard InChI is InChI=1S/C31H38N4O5S/c1-19(2)14-20-15-23-26(16-25(20)38-6)39-17-24-27(33-35(28(23)24)22-10-13-41-18-22)29(36)34-11-7-8-21(9-12-34)32-30(37)40-31(3,4)5/h10,13-16,18,21H,7-9,11-12,17H2,1-6H3,(H,32,37). The lowest BCUT2D eigenvalue weighted by atomic mass is 9.98. The zero-order valence-corrected chi connectivity index (χ0v) is 25.4. The lowest BCUT2D eigenvalue weighted by molar-refractivity contribution is 0.0500. The number of allylic oxidation sites excluding steroid dienone is 1. The Morgan fingerprint density at radius 1 is 1.20 bits per heavy atom. The summed E-state index contributed by atoms with van der Waals surface area (Å²) in [5, 5.41) is 11.9. The Balaban J connectivity index is 1.47. The van der Waals surface area contributed by atoms with Gasteiger partial charge in [0.05, 0.1) is 18.5 Å². The zero-order chi connectivity index (χ0) is 29.3. The Kier molecular flexibility index (Phi) is 8.13. The van der Waals surface area contributed by atoms with Gasteiger partial charge in [0, 0.05) is 47.3 Å². The van der Waals surface area contributed by atoms with Crippen LogP contribution in [0.4, 0.5) is 4.79 Å². The molecule has 218 valence electrons. The fourth-order valence-corrected chi connectivity index (χ4v) is 5.92. The van der Waals surface area contributed by atoms with Crippen molar-refractivity contribution in [2.45, 2.75) is 72.1 Å². The number of carbonyl (C=O) groups is 2. The molecular formula is C31H38N4O5S. The summed E-state index contributed by atoms with van der Waals surface area (Å²) in [5.41, 5.74) is 5.32. The van der Waals surface area contributed by atoms with Crippen molar-refractivity contribution in [2.75, 3.05) is 20.2 Å². The molecular weight excluding hydrogens is 540 g/mol. The Morgan fingerprint density at radius 2 is 2.00 bits per heavy atom. The first-order chi connectivity index (χ1) is 19.5. The molecule has 4 heterocycles. The number of nitrogens with zero attached hydrogens (tertiary/aromatic N) is 3. The fraction of sp³-hybridized carbons (Fsp3) is 0.452. The maximum Gasteiger partial charge on any atom is 0.407 e. The van der Waals surface area contributed by atoms with E-state index in [0.717, 1.165) is 52.2 Å². The van der Waals surface area contributed by atoms with Crippen LogP contribution in [0.2, 0.25) is 0 Å². The van der Waals surface area contributed by atoms with Crippen LogP contribution in [0.3, 0.4) is 0 Å². The molecule has 0 bridgehead atoms. The highest BCUT2D eigenvalue weighted by atomic mass is 32.1. The number of hydrogen-bond acceptors (Lipinski definition) is 7. The van der Waals surface area contributed by atoms with Gasteiger partial charge < -0.3 is 24.4 Å². The van der Waals surface area contributed by atoms with E-state index in [1.807, 2.05) is 67.1 Å². The minimum Gasteiger partial charge on any atom is -0.496 e. The molecule has 2 aliphatic rings. The molecule has 2 aliphatic heterocycles. The molecule has 1 atom stereocenters. The summed E-state index contributed by atoms with van der Waals surface area (Å²) in [4.78, 5) is 28.2. The predicted molar refractivity (Wildman–Crippen MR) is 160 cm³/mol. The van der Waals surface area contributed by atoms with Gasteiger partial charge >= 0.3 is 6.09 Å². The number of benzene rings is 1. The van der Waals surface area contributed by atoms with E-state index in [9.17, 15) is 9.59 Å². The van der Waals surface area contributed by atoms with Crippen LogP contribution in [-0.2, 0) is 11.3 Å². The maximum absolute atomic E-state index is 14.0. The van der Waals surface area contributed by atoms with E-state index in [1.54, 1.807) is 18.4 Å². The summed E-state index contributed by atoms with van der Waals surface area (Å²) in [6.45, 7) is 11.0. The monoisotopic (exact) mass is 578 g/mol. The topological polar surface area (TPSA) is 94.9 Å². The van der Waals surface area contributed by atoms with Gasteiger partial charge in [0.15, 0.2) is 5.69 Å². The summed E-state index contributed by atoms with van der Waals surface area (Å²) in [6.07, 6.45) is 3.83. The van der Waals surface area contributed by atoms with Crippen LogP contribution in [0, 0.1) is 0 Å². The number of hydrogen-bond donors (Lipinski definition) is 1. The van der Waals surface area contributed by atoms with Crippen molar-refractivity contribution >= 4 is 29.4 Å².